The third kappa shape index (κ3) is 5.12. The predicted molar refractivity (Wildman–Crippen MR) is 109 cm³/mol. The predicted octanol–water partition coefficient (Wildman–Crippen LogP) is 3.46. The first-order valence-electron chi connectivity index (χ1n) is 9.24. The quantitative estimate of drug-likeness (QED) is 0.331. The van der Waals surface area contributed by atoms with Gasteiger partial charge in [-0.15, -0.1) is 0 Å². The van der Waals surface area contributed by atoms with Crippen LogP contribution < -0.4 is 5.56 Å². The number of hydrogen-bond acceptors (Lipinski definition) is 4. The van der Waals surface area contributed by atoms with Crippen molar-refractivity contribution in [3.05, 3.63) is 111 Å². The number of aromatic nitrogens is 1. The van der Waals surface area contributed by atoms with E-state index in [-0.39, 0.29) is 6.42 Å². The van der Waals surface area contributed by atoms with Crippen LogP contribution in [0.15, 0.2) is 65.6 Å². The summed E-state index contributed by atoms with van der Waals surface area (Å²) in [4.78, 5) is 35.0. The normalized spacial score (nSPS) is 11.4. The lowest BCUT2D eigenvalue weighted by Crippen LogP contribution is -2.25. The summed E-state index contributed by atoms with van der Waals surface area (Å²) < 4.78 is 42.3. The van der Waals surface area contributed by atoms with Gasteiger partial charge in [-0.25, -0.2) is 18.0 Å². The van der Waals surface area contributed by atoms with E-state index in [1.807, 2.05) is 0 Å². The summed E-state index contributed by atoms with van der Waals surface area (Å²) in [6.45, 7) is -0.526. The van der Waals surface area contributed by atoms with Crippen LogP contribution in [0.4, 0.5) is 13.2 Å². The maximum atomic E-state index is 14.1. The molecular weight excluding hydrogens is 427 g/mol. The van der Waals surface area contributed by atoms with Crippen molar-refractivity contribution >= 4 is 17.5 Å². The Hall–Kier alpha value is -4.14. The van der Waals surface area contributed by atoms with Gasteiger partial charge in [-0.2, -0.15) is 0 Å². The summed E-state index contributed by atoms with van der Waals surface area (Å²) >= 11 is 0. The average molecular weight is 443 g/mol. The zero-order valence-corrected chi connectivity index (χ0v) is 16.4. The smallest absolute Gasteiger partial charge is 0.376 e. The molecule has 0 aliphatic heterocycles. The summed E-state index contributed by atoms with van der Waals surface area (Å²) in [7, 11) is 0. The molecule has 0 saturated heterocycles. The van der Waals surface area contributed by atoms with Gasteiger partial charge in [-0.3, -0.25) is 9.59 Å². The van der Waals surface area contributed by atoms with E-state index in [0.29, 0.717) is 17.2 Å². The maximum absolute atomic E-state index is 14.1. The number of rotatable bonds is 7. The molecule has 32 heavy (non-hydrogen) atoms. The molecule has 0 unspecified atom stereocenters. The van der Waals surface area contributed by atoms with E-state index in [9.17, 15) is 32.7 Å². The van der Waals surface area contributed by atoms with Crippen molar-refractivity contribution in [1.29, 1.82) is 0 Å². The molecule has 164 valence electrons. The molecule has 2 aromatic carbocycles. The minimum absolute atomic E-state index is 0.146. The molecule has 0 aliphatic carbocycles. The van der Waals surface area contributed by atoms with E-state index in [0.717, 1.165) is 16.7 Å². The van der Waals surface area contributed by atoms with Crippen molar-refractivity contribution in [3.63, 3.8) is 0 Å². The number of aliphatic carboxylic acids is 1. The van der Waals surface area contributed by atoms with Crippen LogP contribution in [0, 0.1) is 17.5 Å². The molecule has 0 amide bonds. The van der Waals surface area contributed by atoms with E-state index >= 15 is 0 Å². The Bertz CT molecular complexity index is 1260. The van der Waals surface area contributed by atoms with E-state index < -0.39 is 58.2 Å². The van der Waals surface area contributed by atoms with Crippen molar-refractivity contribution in [2.75, 3.05) is 0 Å². The highest BCUT2D eigenvalue weighted by molar-refractivity contribution is 6.38. The second-order valence-electron chi connectivity index (χ2n) is 6.90. The second-order valence-corrected chi connectivity index (χ2v) is 6.90. The number of ketones is 1. The summed E-state index contributed by atoms with van der Waals surface area (Å²) in [6.07, 6.45) is 1.83. The molecule has 0 atom stereocenters. The molecule has 3 rings (SSSR count). The fourth-order valence-electron chi connectivity index (χ4n) is 3.05. The average Bonchev–Trinajstić information content (AvgIpc) is 2.74. The number of aliphatic hydroxyl groups is 1. The molecule has 9 heteroatoms. The molecule has 1 heterocycles. The minimum Gasteiger partial charge on any atom is -0.507 e. The van der Waals surface area contributed by atoms with Crippen LogP contribution in [0.25, 0.3) is 5.76 Å². The number of pyridine rings is 1. The first-order valence-corrected chi connectivity index (χ1v) is 9.24. The Labute approximate surface area is 179 Å². The van der Waals surface area contributed by atoms with Gasteiger partial charge in [0.2, 0.25) is 0 Å². The van der Waals surface area contributed by atoms with Crippen molar-refractivity contribution in [2.45, 2.75) is 13.0 Å². The topological polar surface area (TPSA) is 96.6 Å². The Balaban J connectivity index is 2.12. The first kappa shape index (κ1) is 22.5. The molecule has 0 spiro atoms. The minimum atomic E-state index is -1.84. The van der Waals surface area contributed by atoms with Crippen molar-refractivity contribution in [1.82, 2.24) is 4.57 Å². The molecule has 0 radical (unpaired) electrons. The van der Waals surface area contributed by atoms with Gasteiger partial charge in [-0.05, 0) is 47.9 Å². The first-order chi connectivity index (χ1) is 15.2. The number of halogens is 3. The van der Waals surface area contributed by atoms with Crippen LogP contribution in [-0.4, -0.2) is 26.5 Å². The molecule has 6 nitrogen and oxygen atoms in total. The summed E-state index contributed by atoms with van der Waals surface area (Å²) in [5.74, 6) is -6.44. The lowest BCUT2D eigenvalue weighted by atomic mass is 10.0. The molecule has 0 saturated carbocycles. The Morgan fingerprint density at radius 3 is 2.16 bits per heavy atom. The third-order valence-corrected chi connectivity index (χ3v) is 4.61. The van der Waals surface area contributed by atoms with Crippen LogP contribution in [0.3, 0.4) is 0 Å². The van der Waals surface area contributed by atoms with Gasteiger partial charge in [0.1, 0.15) is 23.2 Å². The number of carboxylic acid groups (broad SMARTS) is 1. The lowest BCUT2D eigenvalue weighted by molar-refractivity contribution is -0.146. The third-order valence-electron chi connectivity index (χ3n) is 4.61. The fraction of sp³-hybridized carbons (Fsp3) is 0.0870. The highest BCUT2D eigenvalue weighted by Gasteiger charge is 2.17. The largest absolute Gasteiger partial charge is 0.507 e. The van der Waals surface area contributed by atoms with E-state index in [4.69, 9.17) is 5.11 Å². The zero-order valence-electron chi connectivity index (χ0n) is 16.4. The standard InChI is InChI=1S/C23H16F3NO5/c24-15-6-4-13(5-7-15)8-14-9-16(20(28)10-21(29)23(31)32)22(30)27(11-14)12-17-18(25)2-1-3-19(17)26/h1-7,9-11,28H,8,12H2,(H,31,32)/b20-10-. The zero-order chi connectivity index (χ0) is 23.4. The molecule has 0 fully saturated rings. The molecule has 2 N–H and O–H groups in total. The number of carbonyl (C=O) groups is 2. The van der Waals surface area contributed by atoms with Crippen LogP contribution >= 0.6 is 0 Å². The van der Waals surface area contributed by atoms with E-state index in [1.165, 1.54) is 42.6 Å². The van der Waals surface area contributed by atoms with Crippen LogP contribution in [0.2, 0.25) is 0 Å². The summed E-state index contributed by atoms with van der Waals surface area (Å²) in [6, 6.07) is 9.87. The van der Waals surface area contributed by atoms with Crippen LogP contribution in [0.1, 0.15) is 22.3 Å². The molecule has 0 bridgehead atoms. The monoisotopic (exact) mass is 443 g/mol. The highest BCUT2D eigenvalue weighted by atomic mass is 19.1. The number of carboxylic acids is 1. The van der Waals surface area contributed by atoms with E-state index in [1.54, 1.807) is 0 Å². The van der Waals surface area contributed by atoms with Crippen LogP contribution in [0.5, 0.6) is 0 Å². The van der Waals surface area contributed by atoms with Gasteiger partial charge >= 0.3 is 5.97 Å². The molecule has 0 aliphatic rings. The highest BCUT2D eigenvalue weighted by Crippen LogP contribution is 2.17. The summed E-state index contributed by atoms with van der Waals surface area (Å²) in [5, 5.41) is 18.9. The van der Waals surface area contributed by atoms with Gasteiger partial charge in [0, 0.05) is 17.8 Å². The number of hydrogen-bond donors (Lipinski definition) is 2. The molecule has 3 aromatic rings. The van der Waals surface area contributed by atoms with E-state index in [2.05, 4.69) is 0 Å². The van der Waals surface area contributed by atoms with Crippen molar-refractivity contribution in [2.24, 2.45) is 0 Å². The lowest BCUT2D eigenvalue weighted by Gasteiger charge is -2.13. The number of benzene rings is 2. The van der Waals surface area contributed by atoms with Crippen LogP contribution in [-0.2, 0) is 22.6 Å². The van der Waals surface area contributed by atoms with Gasteiger partial charge in [0.15, 0.2) is 0 Å². The fourth-order valence-corrected chi connectivity index (χ4v) is 3.05. The Kier molecular flexibility index (Phi) is 6.58. The number of aliphatic hydroxyl groups excluding tert-OH is 1. The summed E-state index contributed by atoms with van der Waals surface area (Å²) in [5.41, 5.74) is -0.724. The molecule has 1 aromatic heterocycles. The van der Waals surface area contributed by atoms with Gasteiger partial charge in [-0.1, -0.05) is 18.2 Å². The SMILES string of the molecule is O=C(O)C(=O)/C=C(\O)c1cc(Cc2ccc(F)cc2)cn(Cc2c(F)cccc2F)c1=O. The second kappa shape index (κ2) is 9.34. The van der Waals surface area contributed by atoms with Gasteiger partial charge in [0.25, 0.3) is 11.3 Å². The van der Waals surface area contributed by atoms with Gasteiger partial charge < -0.3 is 14.8 Å². The Morgan fingerprint density at radius 1 is 0.938 bits per heavy atom. The van der Waals surface area contributed by atoms with Crippen molar-refractivity contribution in [3.8, 4) is 0 Å². The van der Waals surface area contributed by atoms with Gasteiger partial charge in [0.05, 0.1) is 12.1 Å². The van der Waals surface area contributed by atoms with Crippen molar-refractivity contribution < 1.29 is 33.0 Å². The Morgan fingerprint density at radius 2 is 1.56 bits per heavy atom. The number of nitrogens with zero attached hydrogens (tertiary/aromatic N) is 1. The number of carbonyl (C=O) groups excluding carboxylic acids is 1. The molecular formula is C23H16F3NO5. The maximum Gasteiger partial charge on any atom is 0.376 e.